The lowest BCUT2D eigenvalue weighted by molar-refractivity contribution is 0.472. The zero-order valence-electron chi connectivity index (χ0n) is 11.3. The van der Waals surface area contributed by atoms with Gasteiger partial charge in [-0.15, -0.1) is 0 Å². The molecule has 1 N–H and O–H groups in total. The number of hydrogen-bond donors (Lipinski definition) is 1. The topological polar surface area (TPSA) is 66.1 Å². The average molecular weight is 291 g/mol. The molecule has 5 nitrogen and oxygen atoms in total. The second kappa shape index (κ2) is 5.03. The number of rotatable bonds is 3. The van der Waals surface area contributed by atoms with Gasteiger partial charge in [-0.3, -0.25) is 5.10 Å². The van der Waals surface area contributed by atoms with E-state index in [1.807, 2.05) is 13.0 Å². The van der Waals surface area contributed by atoms with Gasteiger partial charge in [0.2, 0.25) is 10.0 Å². The molecule has 106 valence electrons. The molecule has 0 bridgehead atoms. The first kappa shape index (κ1) is 13.3. The van der Waals surface area contributed by atoms with Gasteiger partial charge in [0.05, 0.1) is 11.1 Å². The Labute approximate surface area is 118 Å². The number of nitrogens with one attached hydrogen (secondary N) is 1. The van der Waals surface area contributed by atoms with E-state index in [9.17, 15) is 8.42 Å². The number of aryl methyl sites for hydroxylation is 1. The van der Waals surface area contributed by atoms with Crippen LogP contribution in [0.5, 0.6) is 0 Å². The summed E-state index contributed by atoms with van der Waals surface area (Å²) in [7, 11) is -3.38. The summed E-state index contributed by atoms with van der Waals surface area (Å²) in [4.78, 5) is 0.363. The highest BCUT2D eigenvalue weighted by Crippen LogP contribution is 2.31. The fourth-order valence-corrected chi connectivity index (χ4v) is 4.21. The summed E-state index contributed by atoms with van der Waals surface area (Å²) >= 11 is 0. The van der Waals surface area contributed by atoms with Crippen molar-refractivity contribution in [3.8, 4) is 0 Å². The van der Waals surface area contributed by atoms with Crippen LogP contribution in [0.25, 0.3) is 0 Å². The molecule has 0 amide bonds. The molecule has 1 saturated heterocycles. The molecule has 3 rings (SSSR count). The van der Waals surface area contributed by atoms with Crippen LogP contribution in [-0.4, -0.2) is 36.0 Å². The highest BCUT2D eigenvalue weighted by Gasteiger charge is 2.34. The summed E-state index contributed by atoms with van der Waals surface area (Å²) in [5.74, 6) is 0.205. The van der Waals surface area contributed by atoms with Crippen molar-refractivity contribution in [1.29, 1.82) is 0 Å². The molecule has 1 atom stereocenters. The summed E-state index contributed by atoms with van der Waals surface area (Å²) in [6.07, 6.45) is 2.61. The van der Waals surface area contributed by atoms with Gasteiger partial charge in [0.15, 0.2) is 0 Å². The first-order chi connectivity index (χ1) is 9.59. The Balaban J connectivity index is 1.83. The first-order valence-electron chi connectivity index (χ1n) is 6.64. The minimum atomic E-state index is -3.38. The number of benzene rings is 1. The molecular weight excluding hydrogens is 274 g/mol. The summed E-state index contributed by atoms with van der Waals surface area (Å²) < 4.78 is 26.6. The van der Waals surface area contributed by atoms with E-state index in [4.69, 9.17) is 0 Å². The maximum atomic E-state index is 12.5. The lowest BCUT2D eigenvalue weighted by atomic mass is 10.0. The highest BCUT2D eigenvalue weighted by molar-refractivity contribution is 7.89. The van der Waals surface area contributed by atoms with Crippen molar-refractivity contribution < 1.29 is 8.42 Å². The van der Waals surface area contributed by atoms with E-state index in [2.05, 4.69) is 10.2 Å². The number of H-pyrrole nitrogens is 1. The van der Waals surface area contributed by atoms with Gasteiger partial charge in [-0.2, -0.15) is 9.40 Å². The van der Waals surface area contributed by atoms with Crippen LogP contribution in [0.15, 0.2) is 41.4 Å². The molecule has 20 heavy (non-hydrogen) atoms. The molecule has 1 unspecified atom stereocenters. The van der Waals surface area contributed by atoms with Crippen molar-refractivity contribution in [2.45, 2.75) is 24.2 Å². The monoisotopic (exact) mass is 291 g/mol. The molecule has 1 aromatic carbocycles. The maximum absolute atomic E-state index is 12.5. The van der Waals surface area contributed by atoms with Crippen LogP contribution in [0.2, 0.25) is 0 Å². The molecule has 0 saturated carbocycles. The van der Waals surface area contributed by atoms with Crippen LogP contribution in [0.3, 0.4) is 0 Å². The molecular formula is C14H17N3O2S. The number of aromatic amines is 1. The smallest absolute Gasteiger partial charge is 0.243 e. The van der Waals surface area contributed by atoms with E-state index >= 15 is 0 Å². The van der Waals surface area contributed by atoms with Crippen LogP contribution in [0.4, 0.5) is 0 Å². The molecule has 6 heteroatoms. The molecule has 1 aliphatic rings. The van der Waals surface area contributed by atoms with Gasteiger partial charge in [0, 0.05) is 24.7 Å². The standard InChI is InChI=1S/C14H17N3O2S/c1-11-9-15-16-14(11)12-7-8-17(10-12)20(18,19)13-5-3-2-4-6-13/h2-6,9,12H,7-8,10H2,1H3,(H,15,16). The van der Waals surface area contributed by atoms with Crippen molar-refractivity contribution in [2.75, 3.05) is 13.1 Å². The average Bonchev–Trinajstić information content (AvgIpc) is 3.08. The third-order valence-corrected chi connectivity index (χ3v) is 5.69. The molecule has 0 aliphatic carbocycles. The van der Waals surface area contributed by atoms with Gasteiger partial charge in [-0.1, -0.05) is 18.2 Å². The number of hydrogen-bond acceptors (Lipinski definition) is 3. The normalized spacial score (nSPS) is 20.4. The fourth-order valence-electron chi connectivity index (χ4n) is 2.69. The van der Waals surface area contributed by atoms with Crippen molar-refractivity contribution >= 4 is 10.0 Å². The Bertz CT molecular complexity index is 694. The summed E-state index contributed by atoms with van der Waals surface area (Å²) in [6, 6.07) is 8.60. The number of aromatic nitrogens is 2. The summed E-state index contributed by atoms with van der Waals surface area (Å²) in [5.41, 5.74) is 2.14. The Morgan fingerprint density at radius 1 is 1.30 bits per heavy atom. The zero-order chi connectivity index (χ0) is 14.2. The van der Waals surface area contributed by atoms with E-state index in [1.54, 1.807) is 34.8 Å². The second-order valence-electron chi connectivity index (χ2n) is 5.13. The third-order valence-electron chi connectivity index (χ3n) is 3.81. The SMILES string of the molecule is Cc1cn[nH]c1C1CCN(S(=O)(=O)c2ccccc2)C1. The fraction of sp³-hybridized carbons (Fsp3) is 0.357. The van der Waals surface area contributed by atoms with E-state index in [0.717, 1.165) is 17.7 Å². The van der Waals surface area contributed by atoms with Crippen molar-refractivity contribution in [3.05, 3.63) is 47.8 Å². The van der Waals surface area contributed by atoms with Crippen molar-refractivity contribution in [2.24, 2.45) is 0 Å². The lowest BCUT2D eigenvalue weighted by Crippen LogP contribution is -2.28. The molecule has 0 spiro atoms. The molecule has 1 aromatic heterocycles. The van der Waals surface area contributed by atoms with E-state index in [0.29, 0.717) is 18.0 Å². The van der Waals surface area contributed by atoms with Gasteiger partial charge in [-0.25, -0.2) is 8.42 Å². The van der Waals surface area contributed by atoms with Gasteiger partial charge in [-0.05, 0) is 31.0 Å². The highest BCUT2D eigenvalue weighted by atomic mass is 32.2. The molecule has 0 radical (unpaired) electrons. The number of sulfonamides is 1. The number of nitrogens with zero attached hydrogens (tertiary/aromatic N) is 2. The molecule has 1 fully saturated rings. The summed E-state index contributed by atoms with van der Waals surface area (Å²) in [5, 5.41) is 7.01. The molecule has 2 aromatic rings. The minimum absolute atomic E-state index is 0.205. The van der Waals surface area contributed by atoms with Gasteiger partial charge < -0.3 is 0 Å². The predicted molar refractivity (Wildman–Crippen MR) is 75.9 cm³/mol. The van der Waals surface area contributed by atoms with Crippen molar-refractivity contribution in [3.63, 3.8) is 0 Å². The van der Waals surface area contributed by atoms with Gasteiger partial charge in [0.1, 0.15) is 0 Å². The largest absolute Gasteiger partial charge is 0.282 e. The van der Waals surface area contributed by atoms with Crippen LogP contribution in [0, 0.1) is 6.92 Å². The molecule has 2 heterocycles. The third kappa shape index (κ3) is 2.25. The predicted octanol–water partition coefficient (Wildman–Crippen LogP) is 1.90. The van der Waals surface area contributed by atoms with Crippen LogP contribution in [-0.2, 0) is 10.0 Å². The minimum Gasteiger partial charge on any atom is -0.282 e. The molecule has 1 aliphatic heterocycles. The van der Waals surface area contributed by atoms with E-state index < -0.39 is 10.0 Å². The zero-order valence-corrected chi connectivity index (χ0v) is 12.1. The Morgan fingerprint density at radius 3 is 2.70 bits per heavy atom. The Kier molecular flexibility index (Phi) is 3.35. The van der Waals surface area contributed by atoms with Gasteiger partial charge in [0.25, 0.3) is 0 Å². The maximum Gasteiger partial charge on any atom is 0.243 e. The second-order valence-corrected chi connectivity index (χ2v) is 7.07. The Morgan fingerprint density at radius 2 is 2.05 bits per heavy atom. The Hall–Kier alpha value is -1.66. The summed E-state index contributed by atoms with van der Waals surface area (Å²) in [6.45, 7) is 3.06. The van der Waals surface area contributed by atoms with Crippen LogP contribution < -0.4 is 0 Å². The van der Waals surface area contributed by atoms with Gasteiger partial charge >= 0.3 is 0 Å². The van der Waals surface area contributed by atoms with E-state index in [-0.39, 0.29) is 5.92 Å². The quantitative estimate of drug-likeness (QED) is 0.939. The van der Waals surface area contributed by atoms with Crippen LogP contribution in [0.1, 0.15) is 23.6 Å². The van der Waals surface area contributed by atoms with E-state index in [1.165, 1.54) is 0 Å². The van der Waals surface area contributed by atoms with Crippen LogP contribution >= 0.6 is 0 Å². The first-order valence-corrected chi connectivity index (χ1v) is 8.08. The van der Waals surface area contributed by atoms with Crippen molar-refractivity contribution in [1.82, 2.24) is 14.5 Å². The lowest BCUT2D eigenvalue weighted by Gasteiger charge is -2.16.